The molecule has 1 aromatic carbocycles. The maximum Gasteiger partial charge on any atom is 0.416 e. The van der Waals surface area contributed by atoms with E-state index in [1.165, 1.54) is 12.1 Å². The van der Waals surface area contributed by atoms with Gasteiger partial charge in [-0.25, -0.2) is 0 Å². The standard InChI is InChI=1S/C13H12F3NO/c1-7-6-17-12-10-3-2-9(13(14,15)16)4-8(10)5-11(12)18-7/h2-4,7,11H,5-6H2,1H3/t7-,11+/m0/s1. The highest BCUT2D eigenvalue weighted by Gasteiger charge is 2.36. The van der Waals surface area contributed by atoms with Gasteiger partial charge in [0.15, 0.2) is 0 Å². The summed E-state index contributed by atoms with van der Waals surface area (Å²) in [5, 5.41) is 0. The van der Waals surface area contributed by atoms with Gasteiger partial charge >= 0.3 is 6.18 Å². The van der Waals surface area contributed by atoms with E-state index in [1.807, 2.05) is 6.92 Å². The summed E-state index contributed by atoms with van der Waals surface area (Å²) in [4.78, 5) is 4.42. The van der Waals surface area contributed by atoms with Crippen molar-refractivity contribution in [2.75, 3.05) is 6.54 Å². The Labute approximate surface area is 102 Å². The molecule has 96 valence electrons. The molecule has 1 heterocycles. The number of benzene rings is 1. The highest BCUT2D eigenvalue weighted by molar-refractivity contribution is 6.08. The van der Waals surface area contributed by atoms with E-state index >= 15 is 0 Å². The first-order chi connectivity index (χ1) is 8.45. The van der Waals surface area contributed by atoms with Gasteiger partial charge in [0, 0.05) is 12.0 Å². The Morgan fingerprint density at radius 1 is 1.33 bits per heavy atom. The second-order valence-corrected chi connectivity index (χ2v) is 4.74. The Bertz CT molecular complexity index is 521. The zero-order valence-electron chi connectivity index (χ0n) is 9.79. The second-order valence-electron chi connectivity index (χ2n) is 4.74. The fourth-order valence-electron chi connectivity index (χ4n) is 2.51. The molecule has 1 aliphatic carbocycles. The van der Waals surface area contributed by atoms with Crippen LogP contribution in [0.3, 0.4) is 0 Å². The van der Waals surface area contributed by atoms with E-state index in [9.17, 15) is 13.2 Å². The molecule has 5 heteroatoms. The highest BCUT2D eigenvalue weighted by atomic mass is 19.4. The predicted molar refractivity (Wildman–Crippen MR) is 60.9 cm³/mol. The van der Waals surface area contributed by atoms with Crippen molar-refractivity contribution in [2.45, 2.75) is 31.7 Å². The minimum absolute atomic E-state index is 0.0372. The second kappa shape index (κ2) is 3.82. The molecule has 0 bridgehead atoms. The maximum atomic E-state index is 12.6. The molecule has 0 radical (unpaired) electrons. The molecule has 0 spiro atoms. The van der Waals surface area contributed by atoms with Gasteiger partial charge in [-0.2, -0.15) is 13.2 Å². The van der Waals surface area contributed by atoms with Gasteiger partial charge in [0.05, 0.1) is 23.9 Å². The van der Waals surface area contributed by atoms with Crippen molar-refractivity contribution in [1.29, 1.82) is 0 Å². The number of nitrogens with zero attached hydrogens (tertiary/aromatic N) is 1. The lowest BCUT2D eigenvalue weighted by Crippen LogP contribution is -2.32. The molecule has 18 heavy (non-hydrogen) atoms. The lowest BCUT2D eigenvalue weighted by molar-refractivity contribution is -0.137. The van der Waals surface area contributed by atoms with Gasteiger partial charge in [-0.05, 0) is 24.6 Å². The van der Waals surface area contributed by atoms with Gasteiger partial charge in [-0.1, -0.05) is 6.07 Å². The monoisotopic (exact) mass is 255 g/mol. The topological polar surface area (TPSA) is 21.6 Å². The van der Waals surface area contributed by atoms with Gasteiger partial charge in [0.1, 0.15) is 6.10 Å². The van der Waals surface area contributed by atoms with Gasteiger partial charge in [0.25, 0.3) is 0 Å². The Kier molecular flexibility index (Phi) is 2.48. The fraction of sp³-hybridized carbons (Fsp3) is 0.462. The third-order valence-electron chi connectivity index (χ3n) is 3.33. The summed E-state index contributed by atoms with van der Waals surface area (Å²) in [6.45, 7) is 2.50. The van der Waals surface area contributed by atoms with Crippen molar-refractivity contribution in [3.63, 3.8) is 0 Å². The summed E-state index contributed by atoms with van der Waals surface area (Å²) < 4.78 is 43.6. The number of alkyl halides is 3. The number of ether oxygens (including phenoxy) is 1. The molecule has 0 N–H and O–H groups in total. The van der Waals surface area contributed by atoms with Crippen LogP contribution in [0.2, 0.25) is 0 Å². The van der Waals surface area contributed by atoms with Crippen LogP contribution < -0.4 is 0 Å². The summed E-state index contributed by atoms with van der Waals surface area (Å²) in [5.41, 5.74) is 1.69. The normalized spacial score (nSPS) is 26.6. The Hall–Kier alpha value is -1.36. The van der Waals surface area contributed by atoms with E-state index < -0.39 is 11.7 Å². The fourth-order valence-corrected chi connectivity index (χ4v) is 2.51. The van der Waals surface area contributed by atoms with E-state index in [-0.39, 0.29) is 12.2 Å². The average Bonchev–Trinajstić information content (AvgIpc) is 2.63. The van der Waals surface area contributed by atoms with E-state index in [1.54, 1.807) is 0 Å². The van der Waals surface area contributed by atoms with Crippen LogP contribution in [-0.4, -0.2) is 24.5 Å². The lowest BCUT2D eigenvalue weighted by atomic mass is 10.1. The van der Waals surface area contributed by atoms with Crippen molar-refractivity contribution >= 4 is 5.71 Å². The number of rotatable bonds is 0. The molecule has 2 nitrogen and oxygen atoms in total. The minimum atomic E-state index is -4.29. The Morgan fingerprint density at radius 2 is 2.11 bits per heavy atom. The number of aliphatic imine (C=N–C) groups is 1. The lowest BCUT2D eigenvalue weighted by Gasteiger charge is -2.23. The molecule has 0 saturated heterocycles. The summed E-state index contributed by atoms with van der Waals surface area (Å²) in [6, 6.07) is 3.84. The SMILES string of the molecule is C[C@H]1CN=C2c3ccc(C(F)(F)F)cc3C[C@H]2O1. The molecule has 0 saturated carbocycles. The van der Waals surface area contributed by atoms with Crippen molar-refractivity contribution in [3.05, 3.63) is 34.9 Å². The largest absolute Gasteiger partial charge is 0.416 e. The van der Waals surface area contributed by atoms with Crippen LogP contribution in [0.4, 0.5) is 13.2 Å². The van der Waals surface area contributed by atoms with E-state index in [4.69, 9.17) is 4.74 Å². The van der Waals surface area contributed by atoms with Gasteiger partial charge in [-0.3, -0.25) is 4.99 Å². The molecule has 3 rings (SSSR count). The summed E-state index contributed by atoms with van der Waals surface area (Å²) >= 11 is 0. The minimum Gasteiger partial charge on any atom is -0.367 e. The molecular formula is C13H12F3NO. The average molecular weight is 255 g/mol. The van der Waals surface area contributed by atoms with Crippen molar-refractivity contribution in [2.24, 2.45) is 4.99 Å². The molecule has 1 aromatic rings. The summed E-state index contributed by atoms with van der Waals surface area (Å²) in [5.74, 6) is 0. The van der Waals surface area contributed by atoms with Crippen LogP contribution in [0.25, 0.3) is 0 Å². The van der Waals surface area contributed by atoms with Gasteiger partial charge in [0.2, 0.25) is 0 Å². The van der Waals surface area contributed by atoms with Crippen LogP contribution in [0.1, 0.15) is 23.6 Å². The number of hydrogen-bond donors (Lipinski definition) is 0. The zero-order valence-corrected chi connectivity index (χ0v) is 9.79. The summed E-state index contributed by atoms with van der Waals surface area (Å²) in [6.07, 6.45) is -3.94. The van der Waals surface area contributed by atoms with Gasteiger partial charge in [-0.15, -0.1) is 0 Å². The van der Waals surface area contributed by atoms with Crippen LogP contribution in [0.15, 0.2) is 23.2 Å². The first-order valence-electron chi connectivity index (χ1n) is 5.85. The predicted octanol–water partition coefficient (Wildman–Crippen LogP) is 2.84. The van der Waals surface area contributed by atoms with Gasteiger partial charge < -0.3 is 4.74 Å². The van der Waals surface area contributed by atoms with E-state index in [0.29, 0.717) is 18.5 Å². The smallest absolute Gasteiger partial charge is 0.367 e. The Balaban J connectivity index is 2.00. The van der Waals surface area contributed by atoms with Crippen LogP contribution in [-0.2, 0) is 17.3 Å². The van der Waals surface area contributed by atoms with Crippen molar-refractivity contribution in [3.8, 4) is 0 Å². The maximum absolute atomic E-state index is 12.6. The number of halogens is 3. The number of hydrogen-bond acceptors (Lipinski definition) is 2. The molecule has 0 unspecified atom stereocenters. The number of fused-ring (bicyclic) bond motifs is 3. The van der Waals surface area contributed by atoms with Crippen LogP contribution in [0, 0.1) is 0 Å². The summed E-state index contributed by atoms with van der Waals surface area (Å²) in [7, 11) is 0. The highest BCUT2D eigenvalue weighted by Crippen LogP contribution is 2.34. The molecule has 2 aliphatic rings. The molecule has 0 fully saturated rings. The first-order valence-corrected chi connectivity index (χ1v) is 5.85. The molecule has 0 amide bonds. The third kappa shape index (κ3) is 1.82. The van der Waals surface area contributed by atoms with Crippen LogP contribution in [0.5, 0.6) is 0 Å². The van der Waals surface area contributed by atoms with Crippen molar-refractivity contribution < 1.29 is 17.9 Å². The van der Waals surface area contributed by atoms with Crippen LogP contribution >= 0.6 is 0 Å². The van der Waals surface area contributed by atoms with E-state index in [2.05, 4.69) is 4.99 Å². The van der Waals surface area contributed by atoms with E-state index in [0.717, 1.165) is 17.3 Å². The first kappa shape index (κ1) is 11.7. The quantitative estimate of drug-likeness (QED) is 0.698. The third-order valence-corrected chi connectivity index (χ3v) is 3.33. The van der Waals surface area contributed by atoms with Crippen molar-refractivity contribution in [1.82, 2.24) is 0 Å². The molecule has 2 atom stereocenters. The Morgan fingerprint density at radius 3 is 2.83 bits per heavy atom. The molecular weight excluding hydrogens is 243 g/mol. The molecule has 0 aromatic heterocycles. The molecule has 1 aliphatic heterocycles. The zero-order chi connectivity index (χ0) is 12.9.